The average molecular weight is 977 g/mol. The second-order valence-electron chi connectivity index (χ2n) is 23.0. The monoisotopic (exact) mass is 977 g/mol. The highest BCUT2D eigenvalue weighted by Crippen LogP contribution is 2.28. The fourth-order valence-corrected chi connectivity index (χ4v) is 9.74. The van der Waals surface area contributed by atoms with E-state index in [1.54, 1.807) is 0 Å². The molecule has 0 aromatic rings. The van der Waals surface area contributed by atoms with Crippen molar-refractivity contribution in [2.75, 3.05) is 39.6 Å². The van der Waals surface area contributed by atoms with Gasteiger partial charge in [-0.05, 0) is 60.2 Å². The molecular formula is C55H108O13. The number of aliphatic hydroxyl groups excluding tert-OH is 7. The van der Waals surface area contributed by atoms with Gasteiger partial charge in [-0.25, -0.2) is 0 Å². The third kappa shape index (κ3) is 27.0. The van der Waals surface area contributed by atoms with Crippen LogP contribution in [-0.2, 0) is 28.4 Å². The lowest BCUT2D eigenvalue weighted by molar-refractivity contribution is -0.333. The zero-order valence-electron chi connectivity index (χ0n) is 44.9. The van der Waals surface area contributed by atoms with E-state index in [0.717, 1.165) is 54.8 Å². The molecule has 0 saturated carbocycles. The molecule has 0 aromatic carbocycles. The molecule has 0 aliphatic carbocycles. The van der Waals surface area contributed by atoms with Crippen molar-refractivity contribution in [2.45, 2.75) is 265 Å². The second kappa shape index (κ2) is 36.4. The van der Waals surface area contributed by atoms with Crippen molar-refractivity contribution in [1.29, 1.82) is 0 Å². The van der Waals surface area contributed by atoms with E-state index in [1.165, 1.54) is 109 Å². The lowest BCUT2D eigenvalue weighted by Gasteiger charge is -2.42. The van der Waals surface area contributed by atoms with Gasteiger partial charge >= 0.3 is 0 Å². The van der Waals surface area contributed by atoms with Crippen molar-refractivity contribution in [2.24, 2.45) is 47.3 Å². The highest BCUT2D eigenvalue weighted by atomic mass is 16.7. The number of hydrogen-bond acceptors (Lipinski definition) is 13. The Labute approximate surface area is 415 Å². The fraction of sp³-hybridized carbons (Fsp3) is 1.00. The Balaban J connectivity index is 1.86. The Kier molecular flexibility index (Phi) is 34.1. The normalized spacial score (nSPS) is 29.0. The molecule has 2 aliphatic heterocycles. The van der Waals surface area contributed by atoms with Crippen LogP contribution >= 0.6 is 0 Å². The molecule has 13 heteroatoms. The summed E-state index contributed by atoms with van der Waals surface area (Å²) < 4.78 is 35.5. The van der Waals surface area contributed by atoms with Crippen LogP contribution in [0, 0.1) is 47.3 Å². The summed E-state index contributed by atoms with van der Waals surface area (Å²) in [5.74, 6) is 5.74. The Morgan fingerprint density at radius 3 is 1.15 bits per heavy atom. The van der Waals surface area contributed by atoms with Crippen LogP contribution in [0.1, 0.15) is 198 Å². The van der Waals surface area contributed by atoms with Crippen molar-refractivity contribution in [3.05, 3.63) is 0 Å². The first-order valence-corrected chi connectivity index (χ1v) is 27.7. The maximum atomic E-state index is 10.9. The molecule has 7 N–H and O–H groups in total. The van der Waals surface area contributed by atoms with Crippen molar-refractivity contribution in [3.8, 4) is 0 Å². The molecule has 0 aromatic heterocycles. The first-order chi connectivity index (χ1) is 32.3. The summed E-state index contributed by atoms with van der Waals surface area (Å²) in [7, 11) is 0. The molecule has 0 unspecified atom stereocenters. The van der Waals surface area contributed by atoms with Gasteiger partial charge in [0, 0.05) is 13.2 Å². The molecule has 2 fully saturated rings. The van der Waals surface area contributed by atoms with Crippen molar-refractivity contribution in [1.82, 2.24) is 0 Å². The van der Waals surface area contributed by atoms with Crippen LogP contribution in [0.3, 0.4) is 0 Å². The third-order valence-electron chi connectivity index (χ3n) is 14.9. The summed E-state index contributed by atoms with van der Waals surface area (Å²) in [4.78, 5) is 0. The quantitative estimate of drug-likeness (QED) is 0.0288. The van der Waals surface area contributed by atoms with E-state index in [0.29, 0.717) is 25.0 Å². The Morgan fingerprint density at radius 2 is 0.735 bits per heavy atom. The third-order valence-corrected chi connectivity index (χ3v) is 14.9. The van der Waals surface area contributed by atoms with Crippen LogP contribution in [0.25, 0.3) is 0 Å². The predicted molar refractivity (Wildman–Crippen MR) is 270 cm³/mol. The van der Waals surface area contributed by atoms with Gasteiger partial charge in [0.2, 0.25) is 0 Å². The van der Waals surface area contributed by atoms with Gasteiger partial charge in [-0.3, -0.25) is 0 Å². The van der Waals surface area contributed by atoms with Gasteiger partial charge in [-0.1, -0.05) is 185 Å². The molecule has 0 spiro atoms. The van der Waals surface area contributed by atoms with Crippen LogP contribution in [-0.4, -0.2) is 143 Å². The maximum absolute atomic E-state index is 10.9. The van der Waals surface area contributed by atoms with Crippen LogP contribution in [0.5, 0.6) is 0 Å². The number of aliphatic hydroxyl groups is 7. The molecule has 0 bridgehead atoms. The number of ether oxygens (including phenoxy) is 6. The molecule has 2 aliphatic rings. The average Bonchev–Trinajstić information content (AvgIpc) is 3.28. The van der Waals surface area contributed by atoms with Crippen molar-refractivity contribution in [3.63, 3.8) is 0 Å². The summed E-state index contributed by atoms with van der Waals surface area (Å²) in [5.41, 5.74) is 0. The predicted octanol–water partition coefficient (Wildman–Crippen LogP) is 8.96. The number of rotatable bonds is 40. The fourth-order valence-electron chi connectivity index (χ4n) is 9.74. The molecule has 2 saturated heterocycles. The molecule has 2 heterocycles. The molecule has 13 nitrogen and oxygen atoms in total. The summed E-state index contributed by atoms with van der Waals surface area (Å²) >= 11 is 0. The van der Waals surface area contributed by atoms with Gasteiger partial charge < -0.3 is 64.2 Å². The number of hydrogen-bond donors (Lipinski definition) is 7. The van der Waals surface area contributed by atoms with Gasteiger partial charge in [0.25, 0.3) is 0 Å². The first kappa shape index (κ1) is 63.6. The minimum Gasteiger partial charge on any atom is -0.394 e. The van der Waals surface area contributed by atoms with E-state index in [4.69, 9.17) is 28.4 Å². The molecule has 0 radical (unpaired) electrons. The molecule has 17 atom stereocenters. The first-order valence-electron chi connectivity index (χ1n) is 27.7. The van der Waals surface area contributed by atoms with E-state index < -0.39 is 80.7 Å². The molecule has 406 valence electrons. The summed E-state index contributed by atoms with van der Waals surface area (Å²) in [5, 5.41) is 72.7. The minimum absolute atomic E-state index is 0.00274. The van der Waals surface area contributed by atoms with Gasteiger partial charge in [0.15, 0.2) is 12.6 Å². The minimum atomic E-state index is -1.65. The standard InChI is InChI=1S/C55H108O13/c1-37(2)17-11-19-39(5)21-13-23-41(7)25-15-27-43(9)29-31-63-34-45(64-32-30-44(10)28-16-26-42(8)24-14-22-40(6)20-12-18-38(3)4)35-65-54-53(62)51(60)49(58)47(68-54)36-66-55-52(61)50(59)48(57)46(33-56)67-55/h37-62H,11-36H2,1-10H3/t39-,40-,41-,42-,43-,44-,45+,46-,47-,48-,49-,50+,51+,52-,53-,54-,55+/m1/s1. The van der Waals surface area contributed by atoms with E-state index >= 15 is 0 Å². The summed E-state index contributed by atoms with van der Waals surface area (Å²) in [6, 6.07) is 0. The summed E-state index contributed by atoms with van der Waals surface area (Å²) in [6.45, 7) is 23.7. The Hall–Kier alpha value is -0.520. The zero-order chi connectivity index (χ0) is 50.6. The van der Waals surface area contributed by atoms with Crippen LogP contribution < -0.4 is 0 Å². The smallest absolute Gasteiger partial charge is 0.186 e. The topological polar surface area (TPSA) is 197 Å². The highest BCUT2D eigenvalue weighted by molar-refractivity contribution is 4.92. The van der Waals surface area contributed by atoms with E-state index in [-0.39, 0.29) is 13.2 Å². The van der Waals surface area contributed by atoms with E-state index in [1.807, 2.05) is 0 Å². The molecule has 68 heavy (non-hydrogen) atoms. The lowest BCUT2D eigenvalue weighted by Crippen LogP contribution is -2.61. The van der Waals surface area contributed by atoms with Gasteiger partial charge in [0.05, 0.1) is 26.4 Å². The molecule has 2 rings (SSSR count). The van der Waals surface area contributed by atoms with Crippen molar-refractivity contribution < 1.29 is 64.2 Å². The molecule has 0 amide bonds. The zero-order valence-corrected chi connectivity index (χ0v) is 44.9. The van der Waals surface area contributed by atoms with Gasteiger partial charge in [-0.15, -0.1) is 0 Å². The lowest BCUT2D eigenvalue weighted by atomic mass is 9.91. The SMILES string of the molecule is CC(C)CCC[C@@H](C)CCC[C@@H](C)CCC[C@@H](C)CCOC[C@@H](CO[C@@H]1O[C@H](CO[C@H]2O[C@H](CO)[C@@H](O)[C@H](O)[C@H]2O)[C@@H](O)[C@H](O)[C@H]1O)OCC[C@H](C)CCC[C@H](C)CCC[C@H](C)CCCC(C)C. The Morgan fingerprint density at radius 1 is 0.382 bits per heavy atom. The molecular weight excluding hydrogens is 869 g/mol. The van der Waals surface area contributed by atoms with Crippen LogP contribution in [0.4, 0.5) is 0 Å². The highest BCUT2D eigenvalue weighted by Gasteiger charge is 2.47. The second-order valence-corrected chi connectivity index (χ2v) is 23.0. The van der Waals surface area contributed by atoms with Crippen molar-refractivity contribution >= 4 is 0 Å². The Bertz CT molecular complexity index is 1190. The maximum Gasteiger partial charge on any atom is 0.186 e. The summed E-state index contributed by atoms with van der Waals surface area (Å²) in [6.07, 6.45) is 9.68. The van der Waals surface area contributed by atoms with Crippen LogP contribution in [0.15, 0.2) is 0 Å². The largest absolute Gasteiger partial charge is 0.394 e. The van der Waals surface area contributed by atoms with E-state index in [2.05, 4.69) is 69.2 Å². The van der Waals surface area contributed by atoms with Crippen LogP contribution in [0.2, 0.25) is 0 Å². The van der Waals surface area contributed by atoms with E-state index in [9.17, 15) is 35.7 Å². The van der Waals surface area contributed by atoms with Gasteiger partial charge in [-0.2, -0.15) is 0 Å². The van der Waals surface area contributed by atoms with Gasteiger partial charge in [0.1, 0.15) is 54.9 Å².